The Bertz CT molecular complexity index is 957. The fourth-order valence-electron chi connectivity index (χ4n) is 3.58. The average molecular weight is 432 g/mol. The maximum absolute atomic E-state index is 13.7. The summed E-state index contributed by atoms with van der Waals surface area (Å²) in [5.74, 6) is 0. The molecule has 2 atom stereocenters. The molecule has 2 aromatic rings. The van der Waals surface area contributed by atoms with Gasteiger partial charge in [-0.25, -0.2) is 8.42 Å². The van der Waals surface area contributed by atoms with E-state index in [1.54, 1.807) is 18.0 Å². The van der Waals surface area contributed by atoms with E-state index in [4.69, 9.17) is 9.47 Å². The first-order chi connectivity index (χ1) is 13.7. The predicted octanol–water partition coefficient (Wildman–Crippen LogP) is 3.56. The van der Waals surface area contributed by atoms with E-state index in [0.717, 1.165) is 12.1 Å². The van der Waals surface area contributed by atoms with Crippen LogP contribution in [0, 0.1) is 0 Å². The molecule has 29 heavy (non-hydrogen) atoms. The molecule has 6 nitrogen and oxygen atoms in total. The van der Waals surface area contributed by atoms with Crippen molar-refractivity contribution >= 4 is 9.84 Å². The highest BCUT2D eigenvalue weighted by atomic mass is 32.2. The Labute approximate surface area is 167 Å². The maximum Gasteiger partial charge on any atom is 0.417 e. The van der Waals surface area contributed by atoms with Gasteiger partial charge < -0.3 is 9.47 Å². The average Bonchev–Trinajstić information content (AvgIpc) is 3.35. The lowest BCUT2D eigenvalue weighted by atomic mass is 10.1. The lowest BCUT2D eigenvalue weighted by Gasteiger charge is -2.18. The zero-order valence-electron chi connectivity index (χ0n) is 16.1. The smallest absolute Gasteiger partial charge is 0.383 e. The zero-order valence-corrected chi connectivity index (χ0v) is 17.0. The van der Waals surface area contributed by atoms with Crippen LogP contribution in [0.2, 0.25) is 0 Å². The van der Waals surface area contributed by atoms with E-state index in [9.17, 15) is 21.6 Å². The Balaban J connectivity index is 1.98. The SMILES string of the molecule is COCCn1cc(-c2ccc(S(=O)(=O)[C@H]3CC[C@H](OC)C3)c(C(F)(F)F)c2)cn1. The largest absolute Gasteiger partial charge is 0.417 e. The Morgan fingerprint density at radius 1 is 1.21 bits per heavy atom. The van der Waals surface area contributed by atoms with Crippen molar-refractivity contribution in [1.82, 2.24) is 9.78 Å². The third-order valence-corrected chi connectivity index (χ3v) is 7.47. The molecular formula is C19H23F3N2O4S. The van der Waals surface area contributed by atoms with E-state index in [2.05, 4.69) is 5.10 Å². The van der Waals surface area contributed by atoms with Gasteiger partial charge in [0.25, 0.3) is 0 Å². The molecule has 0 bridgehead atoms. The van der Waals surface area contributed by atoms with Crippen LogP contribution in [0.3, 0.4) is 0 Å². The standard InChI is InChI=1S/C19H23F3N2O4S/c1-27-8-7-24-12-14(11-23-24)13-3-6-18(17(9-13)19(20,21)22)29(25,26)16-5-4-15(10-16)28-2/h3,6,9,11-12,15-16H,4-5,7-8,10H2,1-2H3/t15-,16-/m0/s1. The molecule has 1 heterocycles. The molecule has 0 unspecified atom stereocenters. The number of methoxy groups -OCH3 is 2. The topological polar surface area (TPSA) is 70.4 Å². The summed E-state index contributed by atoms with van der Waals surface area (Å²) in [5.41, 5.74) is -0.433. The van der Waals surface area contributed by atoms with Gasteiger partial charge >= 0.3 is 6.18 Å². The van der Waals surface area contributed by atoms with Crippen LogP contribution in [0.15, 0.2) is 35.5 Å². The Kier molecular flexibility index (Phi) is 6.35. The summed E-state index contributed by atoms with van der Waals surface area (Å²) in [5, 5.41) is 3.22. The van der Waals surface area contributed by atoms with Crippen LogP contribution in [0.4, 0.5) is 13.2 Å². The summed E-state index contributed by atoms with van der Waals surface area (Å²) in [6.07, 6.45) is -1.01. The summed E-state index contributed by atoms with van der Waals surface area (Å²) in [7, 11) is -1.12. The molecule has 0 N–H and O–H groups in total. The van der Waals surface area contributed by atoms with Gasteiger partial charge in [0.15, 0.2) is 9.84 Å². The molecule has 0 saturated heterocycles. The molecule has 3 rings (SSSR count). The number of alkyl halides is 3. The van der Waals surface area contributed by atoms with Crippen molar-refractivity contribution in [3.8, 4) is 11.1 Å². The molecule has 1 fully saturated rings. The monoisotopic (exact) mass is 432 g/mol. The molecule has 0 aliphatic heterocycles. The first kappa shape index (κ1) is 21.8. The number of ether oxygens (including phenoxy) is 2. The summed E-state index contributed by atoms with van der Waals surface area (Å²) in [6, 6.07) is 3.33. The van der Waals surface area contributed by atoms with Gasteiger partial charge in [-0.3, -0.25) is 4.68 Å². The Morgan fingerprint density at radius 2 is 1.97 bits per heavy atom. The van der Waals surface area contributed by atoms with Crippen molar-refractivity contribution in [1.29, 1.82) is 0 Å². The van der Waals surface area contributed by atoms with E-state index in [1.807, 2.05) is 0 Å². The van der Waals surface area contributed by atoms with Gasteiger partial charge in [0.1, 0.15) is 0 Å². The van der Waals surface area contributed by atoms with E-state index in [1.165, 1.54) is 19.4 Å². The second-order valence-corrected chi connectivity index (χ2v) is 9.23. The number of hydrogen-bond acceptors (Lipinski definition) is 5. The molecule has 1 aromatic carbocycles. The summed E-state index contributed by atoms with van der Waals surface area (Å²) >= 11 is 0. The third-order valence-electron chi connectivity index (χ3n) is 5.19. The van der Waals surface area contributed by atoms with Gasteiger partial charge in [0.2, 0.25) is 0 Å². The third kappa shape index (κ3) is 4.65. The van der Waals surface area contributed by atoms with E-state index in [-0.39, 0.29) is 24.5 Å². The molecule has 0 amide bonds. The molecule has 1 saturated carbocycles. The van der Waals surface area contributed by atoms with Crippen molar-refractivity contribution in [2.24, 2.45) is 0 Å². The van der Waals surface area contributed by atoms with Crippen LogP contribution in [-0.2, 0) is 32.0 Å². The highest BCUT2D eigenvalue weighted by Crippen LogP contribution is 2.40. The van der Waals surface area contributed by atoms with Gasteiger partial charge in [-0.1, -0.05) is 6.07 Å². The number of benzene rings is 1. The molecular weight excluding hydrogens is 409 g/mol. The number of halogens is 3. The summed E-state index contributed by atoms with van der Waals surface area (Å²) in [6.45, 7) is 0.868. The Hall–Kier alpha value is -1.91. The summed E-state index contributed by atoms with van der Waals surface area (Å²) < 4.78 is 78.8. The van der Waals surface area contributed by atoms with E-state index in [0.29, 0.717) is 25.1 Å². The van der Waals surface area contributed by atoms with Crippen molar-refractivity contribution < 1.29 is 31.1 Å². The fourth-order valence-corrected chi connectivity index (χ4v) is 5.59. The lowest BCUT2D eigenvalue weighted by Crippen LogP contribution is -2.23. The van der Waals surface area contributed by atoms with Crippen molar-refractivity contribution in [3.63, 3.8) is 0 Å². The number of nitrogens with zero attached hydrogens (tertiary/aromatic N) is 2. The van der Waals surface area contributed by atoms with Crippen LogP contribution < -0.4 is 0 Å². The number of rotatable bonds is 7. The highest BCUT2D eigenvalue weighted by molar-refractivity contribution is 7.92. The quantitative estimate of drug-likeness (QED) is 0.669. The van der Waals surface area contributed by atoms with Gasteiger partial charge in [-0.2, -0.15) is 18.3 Å². The molecule has 10 heteroatoms. The predicted molar refractivity (Wildman–Crippen MR) is 100 cm³/mol. The molecule has 160 valence electrons. The Morgan fingerprint density at radius 3 is 2.59 bits per heavy atom. The minimum absolute atomic E-state index is 0.199. The normalized spacial score (nSPS) is 20.3. The maximum atomic E-state index is 13.7. The first-order valence-corrected chi connectivity index (χ1v) is 10.7. The highest BCUT2D eigenvalue weighted by Gasteiger charge is 2.42. The molecule has 1 aromatic heterocycles. The van der Waals surface area contributed by atoms with Gasteiger partial charge in [-0.15, -0.1) is 0 Å². The number of aromatic nitrogens is 2. The van der Waals surface area contributed by atoms with Gasteiger partial charge in [0.05, 0.1) is 41.2 Å². The number of sulfone groups is 1. The van der Waals surface area contributed by atoms with Crippen LogP contribution >= 0.6 is 0 Å². The minimum Gasteiger partial charge on any atom is -0.383 e. The van der Waals surface area contributed by atoms with E-state index < -0.39 is 31.7 Å². The summed E-state index contributed by atoms with van der Waals surface area (Å²) in [4.78, 5) is -0.678. The molecule has 0 spiro atoms. The molecule has 1 aliphatic rings. The zero-order chi connectivity index (χ0) is 21.2. The van der Waals surface area contributed by atoms with Crippen LogP contribution in [-0.4, -0.2) is 50.4 Å². The van der Waals surface area contributed by atoms with Crippen LogP contribution in [0.25, 0.3) is 11.1 Å². The fraction of sp³-hybridized carbons (Fsp3) is 0.526. The van der Waals surface area contributed by atoms with Crippen LogP contribution in [0.1, 0.15) is 24.8 Å². The molecule has 1 aliphatic carbocycles. The second kappa shape index (κ2) is 8.45. The lowest BCUT2D eigenvalue weighted by molar-refractivity contribution is -0.139. The van der Waals surface area contributed by atoms with Gasteiger partial charge in [-0.05, 0) is 37.0 Å². The van der Waals surface area contributed by atoms with Crippen molar-refractivity contribution in [3.05, 3.63) is 36.2 Å². The van der Waals surface area contributed by atoms with E-state index >= 15 is 0 Å². The van der Waals surface area contributed by atoms with Crippen LogP contribution in [0.5, 0.6) is 0 Å². The first-order valence-electron chi connectivity index (χ1n) is 9.16. The van der Waals surface area contributed by atoms with Gasteiger partial charge in [0, 0.05) is 26.0 Å². The number of hydrogen-bond donors (Lipinski definition) is 0. The second-order valence-electron chi connectivity index (χ2n) is 7.03. The minimum atomic E-state index is -4.80. The van der Waals surface area contributed by atoms with Crippen molar-refractivity contribution in [2.45, 2.75) is 48.2 Å². The van der Waals surface area contributed by atoms with Crippen molar-refractivity contribution in [2.75, 3.05) is 20.8 Å². The molecule has 0 radical (unpaired) electrons.